The summed E-state index contributed by atoms with van der Waals surface area (Å²) in [5, 5.41) is 3.73. The van der Waals surface area contributed by atoms with Gasteiger partial charge >= 0.3 is 0 Å². The number of hydrogen-bond donors (Lipinski definition) is 2. The maximum atomic E-state index is 12.6. The van der Waals surface area contributed by atoms with Crippen molar-refractivity contribution in [2.24, 2.45) is 5.92 Å². The molecule has 3 fully saturated rings. The van der Waals surface area contributed by atoms with Crippen molar-refractivity contribution in [2.45, 2.75) is 30.7 Å². The summed E-state index contributed by atoms with van der Waals surface area (Å²) in [6.07, 6.45) is 4.15. The number of hydrogen-bond acceptors (Lipinski definition) is 7. The standard InChI is InChI=1S/C18H21N3O2S.C7H8O3S/c1-23-14-4-2-3-13(9-14)16-10-19-18(24-16)17(22)20-15-11-21-7-5-12(15)6-8-21;1-6-2-4-7(5-3-6)11(8,9)10/h2-4,9-10,12,15H,5-8,11H2,1H3,(H,20,22);2-5H,1H3,(H,8,9,10)/t15-;/m0./s1. The normalized spacial score (nSPS) is 21.1. The van der Waals surface area contributed by atoms with Gasteiger partial charge in [0.2, 0.25) is 0 Å². The van der Waals surface area contributed by atoms with Crippen LogP contribution in [0.25, 0.3) is 10.4 Å². The first-order chi connectivity index (χ1) is 16.7. The van der Waals surface area contributed by atoms with Crippen molar-refractivity contribution < 1.29 is 22.5 Å². The van der Waals surface area contributed by atoms with Gasteiger partial charge in [0.05, 0.1) is 16.9 Å². The number of ether oxygens (including phenoxy) is 1. The largest absolute Gasteiger partial charge is 0.497 e. The summed E-state index contributed by atoms with van der Waals surface area (Å²) >= 11 is 1.43. The molecule has 0 unspecified atom stereocenters. The van der Waals surface area contributed by atoms with E-state index in [1.165, 1.54) is 49.4 Å². The van der Waals surface area contributed by atoms with Gasteiger partial charge in [-0.25, -0.2) is 4.98 Å². The van der Waals surface area contributed by atoms with E-state index in [1.807, 2.05) is 31.2 Å². The van der Waals surface area contributed by atoms with Crippen LogP contribution in [0.3, 0.4) is 0 Å². The number of nitrogens with one attached hydrogen (secondary N) is 1. The van der Waals surface area contributed by atoms with E-state index in [0.29, 0.717) is 10.9 Å². The van der Waals surface area contributed by atoms with Gasteiger partial charge in [-0.2, -0.15) is 8.42 Å². The number of fused-ring (bicyclic) bond motifs is 3. The Kier molecular flexibility index (Phi) is 7.85. The minimum Gasteiger partial charge on any atom is -0.497 e. The van der Waals surface area contributed by atoms with Crippen molar-refractivity contribution in [3.05, 3.63) is 65.3 Å². The van der Waals surface area contributed by atoms with Gasteiger partial charge in [-0.1, -0.05) is 29.8 Å². The van der Waals surface area contributed by atoms with Crippen LogP contribution in [0, 0.1) is 12.8 Å². The number of benzene rings is 2. The van der Waals surface area contributed by atoms with Gasteiger partial charge in [0, 0.05) is 18.8 Å². The topological polar surface area (TPSA) is 109 Å². The minimum absolute atomic E-state index is 0.0482. The van der Waals surface area contributed by atoms with Crippen LogP contribution in [-0.4, -0.2) is 61.5 Å². The zero-order chi connectivity index (χ0) is 25.0. The molecule has 2 N–H and O–H groups in total. The smallest absolute Gasteiger partial charge is 0.294 e. The van der Waals surface area contributed by atoms with Gasteiger partial charge in [-0.3, -0.25) is 9.35 Å². The third kappa shape index (κ3) is 6.46. The van der Waals surface area contributed by atoms with Crippen LogP contribution in [0.2, 0.25) is 0 Å². The highest BCUT2D eigenvalue weighted by molar-refractivity contribution is 7.85. The lowest BCUT2D eigenvalue weighted by Gasteiger charge is -2.44. The molecule has 2 bridgehead atoms. The number of thiazole rings is 1. The molecule has 3 aliphatic heterocycles. The fraction of sp³-hybridized carbons (Fsp3) is 0.360. The van der Waals surface area contributed by atoms with E-state index in [1.54, 1.807) is 25.4 Å². The van der Waals surface area contributed by atoms with Crippen LogP contribution in [-0.2, 0) is 10.1 Å². The van der Waals surface area contributed by atoms with Crippen molar-refractivity contribution in [2.75, 3.05) is 26.7 Å². The lowest BCUT2D eigenvalue weighted by molar-refractivity contribution is 0.0620. The molecule has 8 nitrogen and oxygen atoms in total. The molecule has 6 rings (SSSR count). The van der Waals surface area contributed by atoms with Crippen LogP contribution in [0.5, 0.6) is 5.75 Å². The van der Waals surface area contributed by atoms with Gasteiger partial charge in [0.1, 0.15) is 5.75 Å². The maximum Gasteiger partial charge on any atom is 0.294 e. The number of aromatic nitrogens is 1. The monoisotopic (exact) mass is 515 g/mol. The van der Waals surface area contributed by atoms with Crippen molar-refractivity contribution in [1.82, 2.24) is 15.2 Å². The average Bonchev–Trinajstić information content (AvgIpc) is 3.36. The quantitative estimate of drug-likeness (QED) is 0.496. The highest BCUT2D eigenvalue weighted by Crippen LogP contribution is 2.30. The first-order valence-corrected chi connectivity index (χ1v) is 13.7. The zero-order valence-electron chi connectivity index (χ0n) is 19.7. The predicted molar refractivity (Wildman–Crippen MR) is 136 cm³/mol. The molecule has 2 aromatic carbocycles. The number of carbonyl (C=O) groups excluding carboxylic acids is 1. The van der Waals surface area contributed by atoms with Crippen LogP contribution in [0.1, 0.15) is 28.2 Å². The van der Waals surface area contributed by atoms with E-state index in [-0.39, 0.29) is 16.8 Å². The second-order valence-electron chi connectivity index (χ2n) is 8.77. The fourth-order valence-corrected chi connectivity index (χ4v) is 5.65. The number of carbonyl (C=O) groups is 1. The number of rotatable bonds is 5. The van der Waals surface area contributed by atoms with E-state index in [0.717, 1.165) is 28.3 Å². The maximum absolute atomic E-state index is 12.6. The Labute approximate surface area is 209 Å². The third-order valence-corrected chi connectivity index (χ3v) is 8.26. The number of amides is 1. The van der Waals surface area contributed by atoms with Crippen molar-refractivity contribution in [3.8, 4) is 16.2 Å². The van der Waals surface area contributed by atoms with Gasteiger partial charge in [-0.05, 0) is 68.6 Å². The molecule has 186 valence electrons. The number of methoxy groups -OCH3 is 1. The molecule has 1 aromatic heterocycles. The van der Waals surface area contributed by atoms with Crippen LogP contribution in [0.15, 0.2) is 59.6 Å². The van der Waals surface area contributed by atoms with Crippen molar-refractivity contribution >= 4 is 27.4 Å². The molecule has 3 aliphatic rings. The Morgan fingerprint density at radius 3 is 2.49 bits per heavy atom. The second kappa shape index (κ2) is 10.9. The Balaban J connectivity index is 0.000000221. The molecule has 3 saturated heterocycles. The highest BCUT2D eigenvalue weighted by Gasteiger charge is 2.35. The van der Waals surface area contributed by atoms with E-state index < -0.39 is 10.1 Å². The minimum atomic E-state index is -4.02. The lowest BCUT2D eigenvalue weighted by Crippen LogP contribution is -2.57. The first-order valence-electron chi connectivity index (χ1n) is 11.4. The Morgan fingerprint density at radius 1 is 1.17 bits per heavy atom. The Bertz CT molecular complexity index is 1270. The lowest BCUT2D eigenvalue weighted by atomic mass is 9.84. The van der Waals surface area contributed by atoms with Crippen LogP contribution >= 0.6 is 11.3 Å². The van der Waals surface area contributed by atoms with Crippen LogP contribution in [0.4, 0.5) is 0 Å². The number of aryl methyl sites for hydroxylation is 1. The summed E-state index contributed by atoms with van der Waals surface area (Å²) in [6.45, 7) is 5.17. The summed E-state index contributed by atoms with van der Waals surface area (Å²) in [5.41, 5.74) is 1.98. The molecule has 0 aliphatic carbocycles. The molecular formula is C25H29N3O5S2. The molecule has 1 amide bonds. The molecule has 0 spiro atoms. The van der Waals surface area contributed by atoms with E-state index in [2.05, 4.69) is 15.2 Å². The van der Waals surface area contributed by atoms with E-state index in [4.69, 9.17) is 9.29 Å². The predicted octanol–water partition coefficient (Wildman–Crippen LogP) is 3.88. The third-order valence-electron chi connectivity index (χ3n) is 6.35. The average molecular weight is 516 g/mol. The molecule has 10 heteroatoms. The van der Waals surface area contributed by atoms with Crippen molar-refractivity contribution in [3.63, 3.8) is 0 Å². The molecule has 3 aromatic rings. The Morgan fingerprint density at radius 2 is 1.89 bits per heavy atom. The fourth-order valence-electron chi connectivity index (χ4n) is 4.36. The summed E-state index contributed by atoms with van der Waals surface area (Å²) in [5.74, 6) is 1.38. The summed E-state index contributed by atoms with van der Waals surface area (Å²) < 4.78 is 34.8. The second-order valence-corrected chi connectivity index (χ2v) is 11.2. The van der Waals surface area contributed by atoms with Gasteiger partial charge < -0.3 is 15.0 Å². The first kappa shape index (κ1) is 25.3. The molecule has 1 atom stereocenters. The molecule has 0 saturated carbocycles. The van der Waals surface area contributed by atoms with Crippen molar-refractivity contribution in [1.29, 1.82) is 0 Å². The molecule has 4 heterocycles. The van der Waals surface area contributed by atoms with E-state index in [9.17, 15) is 13.2 Å². The number of piperidine rings is 3. The van der Waals surface area contributed by atoms with Gasteiger partial charge in [0.15, 0.2) is 5.01 Å². The van der Waals surface area contributed by atoms with E-state index >= 15 is 0 Å². The molecule has 35 heavy (non-hydrogen) atoms. The Hall–Kier alpha value is -2.79. The SMILES string of the molecule is COc1cccc(-c2cnc(C(=O)N[C@H]3CN4CCC3CC4)s2)c1.Cc1ccc(S(=O)(=O)O)cc1. The summed E-state index contributed by atoms with van der Waals surface area (Å²) in [7, 11) is -2.37. The summed E-state index contributed by atoms with van der Waals surface area (Å²) in [6, 6.07) is 14.1. The van der Waals surface area contributed by atoms with Crippen LogP contribution < -0.4 is 10.1 Å². The summed E-state index contributed by atoms with van der Waals surface area (Å²) in [4.78, 5) is 20.2. The van der Waals surface area contributed by atoms with Gasteiger partial charge in [-0.15, -0.1) is 11.3 Å². The number of nitrogens with zero attached hydrogens (tertiary/aromatic N) is 2. The molecule has 0 radical (unpaired) electrons. The molecular weight excluding hydrogens is 486 g/mol. The highest BCUT2D eigenvalue weighted by atomic mass is 32.2. The zero-order valence-corrected chi connectivity index (χ0v) is 21.3. The van der Waals surface area contributed by atoms with Gasteiger partial charge in [0.25, 0.3) is 16.0 Å².